The van der Waals surface area contributed by atoms with Gasteiger partial charge >= 0.3 is 12.1 Å². The highest BCUT2D eigenvalue weighted by molar-refractivity contribution is 5.97. The summed E-state index contributed by atoms with van der Waals surface area (Å²) in [6.45, 7) is 5.03. The number of rotatable bonds is 9. The lowest BCUT2D eigenvalue weighted by Gasteiger charge is -2.31. The van der Waals surface area contributed by atoms with Crippen LogP contribution in [0.4, 0.5) is 4.79 Å². The summed E-state index contributed by atoms with van der Waals surface area (Å²) in [5, 5.41) is 2.84. The molecule has 1 heterocycles. The first kappa shape index (κ1) is 23.7. The van der Waals surface area contributed by atoms with Crippen molar-refractivity contribution in [1.82, 2.24) is 10.2 Å². The number of carbonyl (C=O) groups excluding carboxylic acids is 3. The van der Waals surface area contributed by atoms with E-state index in [0.717, 1.165) is 24.0 Å². The van der Waals surface area contributed by atoms with E-state index in [4.69, 9.17) is 14.2 Å². The van der Waals surface area contributed by atoms with Gasteiger partial charge in [0, 0.05) is 31.6 Å². The highest BCUT2D eigenvalue weighted by Gasteiger charge is 2.27. The minimum Gasteiger partial charge on any atom is -0.496 e. The summed E-state index contributed by atoms with van der Waals surface area (Å²) in [6, 6.07) is 3.67. The molecule has 30 heavy (non-hydrogen) atoms. The summed E-state index contributed by atoms with van der Waals surface area (Å²) in [5.74, 6) is 0.374. The van der Waals surface area contributed by atoms with Crippen molar-refractivity contribution in [3.8, 4) is 5.75 Å². The molecule has 2 rings (SSSR count). The number of ether oxygens (including phenoxy) is 3. The fraction of sp³-hybridized carbons (Fsp3) is 0.591. The van der Waals surface area contributed by atoms with Gasteiger partial charge in [-0.1, -0.05) is 0 Å². The number of carbonyl (C=O) groups is 3. The molecule has 0 radical (unpaired) electrons. The van der Waals surface area contributed by atoms with Crippen molar-refractivity contribution in [2.24, 2.45) is 5.92 Å². The zero-order valence-electron chi connectivity index (χ0n) is 18.3. The lowest BCUT2D eigenvalue weighted by atomic mass is 9.90. The van der Waals surface area contributed by atoms with Crippen LogP contribution in [0, 0.1) is 19.8 Å². The Bertz CT molecular complexity index is 764. The van der Waals surface area contributed by atoms with Crippen LogP contribution in [-0.4, -0.2) is 63.3 Å². The smallest absolute Gasteiger partial charge is 0.412 e. The Morgan fingerprint density at radius 2 is 1.97 bits per heavy atom. The predicted octanol–water partition coefficient (Wildman–Crippen LogP) is 2.84. The van der Waals surface area contributed by atoms with Crippen LogP contribution < -0.4 is 10.1 Å². The minimum absolute atomic E-state index is 0.0371. The molecule has 1 unspecified atom stereocenters. The largest absolute Gasteiger partial charge is 0.496 e. The van der Waals surface area contributed by atoms with Gasteiger partial charge in [-0.3, -0.25) is 9.59 Å². The van der Waals surface area contributed by atoms with Crippen molar-refractivity contribution >= 4 is 17.8 Å². The number of piperidine rings is 1. The molecule has 1 amide bonds. The molecule has 8 heteroatoms. The minimum atomic E-state index is -0.526. The Kier molecular flexibility index (Phi) is 9.11. The molecule has 1 aromatic rings. The SMILES string of the molecule is CNCCC(=O)OCOC(=O)N1CCCC(CC(=O)c2cc(C)c(C)c(OC)c2)C1. The summed E-state index contributed by atoms with van der Waals surface area (Å²) in [5.41, 5.74) is 2.66. The first-order chi connectivity index (χ1) is 14.3. The third-order valence-corrected chi connectivity index (χ3v) is 5.39. The zero-order valence-corrected chi connectivity index (χ0v) is 18.3. The Morgan fingerprint density at radius 3 is 2.67 bits per heavy atom. The van der Waals surface area contributed by atoms with Crippen LogP contribution in [0.1, 0.15) is 47.2 Å². The van der Waals surface area contributed by atoms with Crippen LogP contribution in [0.25, 0.3) is 0 Å². The third kappa shape index (κ3) is 6.73. The van der Waals surface area contributed by atoms with Gasteiger partial charge in [-0.15, -0.1) is 0 Å². The van der Waals surface area contributed by atoms with E-state index in [1.54, 1.807) is 25.1 Å². The predicted molar refractivity (Wildman–Crippen MR) is 112 cm³/mol. The van der Waals surface area contributed by atoms with E-state index < -0.39 is 18.9 Å². The molecule has 8 nitrogen and oxygen atoms in total. The maximum absolute atomic E-state index is 12.8. The van der Waals surface area contributed by atoms with Crippen molar-refractivity contribution < 1.29 is 28.6 Å². The van der Waals surface area contributed by atoms with Crippen molar-refractivity contribution in [2.45, 2.75) is 39.5 Å². The summed E-state index contributed by atoms with van der Waals surface area (Å²) in [4.78, 5) is 38.1. The van der Waals surface area contributed by atoms with Crippen LogP contribution in [-0.2, 0) is 14.3 Å². The van der Waals surface area contributed by atoms with Crippen LogP contribution in [0.3, 0.4) is 0 Å². The topological polar surface area (TPSA) is 94.2 Å². The lowest BCUT2D eigenvalue weighted by molar-refractivity contribution is -0.152. The van der Waals surface area contributed by atoms with Gasteiger partial charge in [0.25, 0.3) is 0 Å². The molecule has 166 valence electrons. The highest BCUT2D eigenvalue weighted by Crippen LogP contribution is 2.27. The number of nitrogens with zero attached hydrogens (tertiary/aromatic N) is 1. The van der Waals surface area contributed by atoms with Gasteiger partial charge in [0.05, 0.1) is 13.5 Å². The molecule has 0 bridgehead atoms. The standard InChI is InChI=1S/C22H32N2O6/c1-15-10-18(12-20(28-4)16(15)2)19(25)11-17-6-5-9-24(13-17)22(27)30-14-29-21(26)7-8-23-3/h10,12,17,23H,5-9,11,13-14H2,1-4H3. The van der Waals surface area contributed by atoms with E-state index in [0.29, 0.717) is 37.4 Å². The monoisotopic (exact) mass is 420 g/mol. The average molecular weight is 421 g/mol. The molecule has 1 atom stereocenters. The molecule has 1 saturated heterocycles. The number of Topliss-reactive ketones (excluding diaryl/α,β-unsaturated/α-hetero) is 1. The molecular formula is C22H32N2O6. The van der Waals surface area contributed by atoms with Gasteiger partial charge in [-0.05, 0) is 62.9 Å². The van der Waals surface area contributed by atoms with Gasteiger partial charge in [0.15, 0.2) is 5.78 Å². The van der Waals surface area contributed by atoms with E-state index >= 15 is 0 Å². The Balaban J connectivity index is 1.86. The Labute approximate surface area is 177 Å². The second-order valence-electron chi connectivity index (χ2n) is 7.60. The van der Waals surface area contributed by atoms with Gasteiger partial charge in [-0.2, -0.15) is 0 Å². The number of methoxy groups -OCH3 is 1. The summed E-state index contributed by atoms with van der Waals surface area (Å²) >= 11 is 0. The van der Waals surface area contributed by atoms with Crippen molar-refractivity contribution in [3.05, 3.63) is 28.8 Å². The van der Waals surface area contributed by atoms with Gasteiger partial charge in [0.2, 0.25) is 6.79 Å². The Hall–Kier alpha value is -2.61. The van der Waals surface area contributed by atoms with Crippen LogP contribution in [0.5, 0.6) is 5.75 Å². The van der Waals surface area contributed by atoms with Gasteiger partial charge in [-0.25, -0.2) is 4.79 Å². The molecule has 1 aliphatic rings. The first-order valence-corrected chi connectivity index (χ1v) is 10.3. The Morgan fingerprint density at radius 1 is 1.20 bits per heavy atom. The molecule has 1 fully saturated rings. The number of amides is 1. The van der Waals surface area contributed by atoms with E-state index in [1.165, 1.54) is 0 Å². The van der Waals surface area contributed by atoms with Crippen LogP contribution >= 0.6 is 0 Å². The quantitative estimate of drug-likeness (QED) is 0.373. The zero-order chi connectivity index (χ0) is 22.1. The van der Waals surface area contributed by atoms with E-state index in [2.05, 4.69) is 5.32 Å². The average Bonchev–Trinajstić information content (AvgIpc) is 2.74. The van der Waals surface area contributed by atoms with Gasteiger partial charge < -0.3 is 24.4 Å². The second kappa shape index (κ2) is 11.5. The number of esters is 1. The number of hydrogen-bond acceptors (Lipinski definition) is 7. The second-order valence-corrected chi connectivity index (χ2v) is 7.60. The fourth-order valence-electron chi connectivity index (χ4n) is 3.51. The van der Waals surface area contributed by atoms with Crippen LogP contribution in [0.2, 0.25) is 0 Å². The lowest BCUT2D eigenvalue weighted by Crippen LogP contribution is -2.41. The van der Waals surface area contributed by atoms with Crippen LogP contribution in [0.15, 0.2) is 12.1 Å². The molecule has 0 spiro atoms. The normalized spacial score (nSPS) is 16.1. The molecule has 0 aliphatic carbocycles. The third-order valence-electron chi connectivity index (χ3n) is 5.39. The summed E-state index contributed by atoms with van der Waals surface area (Å²) in [7, 11) is 3.33. The molecule has 1 aromatic carbocycles. The maximum atomic E-state index is 12.8. The van der Waals surface area contributed by atoms with E-state index in [-0.39, 0.29) is 18.1 Å². The molecule has 0 aromatic heterocycles. The van der Waals surface area contributed by atoms with E-state index in [1.807, 2.05) is 19.9 Å². The summed E-state index contributed by atoms with van der Waals surface area (Å²) < 4.78 is 15.3. The summed E-state index contributed by atoms with van der Waals surface area (Å²) in [6.07, 6.45) is 1.71. The van der Waals surface area contributed by atoms with Crippen molar-refractivity contribution in [2.75, 3.05) is 40.6 Å². The number of nitrogens with one attached hydrogen (secondary N) is 1. The van der Waals surface area contributed by atoms with Crippen molar-refractivity contribution in [3.63, 3.8) is 0 Å². The number of ketones is 1. The van der Waals surface area contributed by atoms with Crippen molar-refractivity contribution in [1.29, 1.82) is 0 Å². The van der Waals surface area contributed by atoms with E-state index in [9.17, 15) is 14.4 Å². The number of benzene rings is 1. The molecule has 1 aliphatic heterocycles. The fourth-order valence-corrected chi connectivity index (χ4v) is 3.51. The number of likely N-dealkylation sites (tertiary alicyclic amines) is 1. The molecule has 1 N–H and O–H groups in total. The highest BCUT2D eigenvalue weighted by atomic mass is 16.7. The maximum Gasteiger partial charge on any atom is 0.412 e. The molecular weight excluding hydrogens is 388 g/mol. The van der Waals surface area contributed by atoms with Gasteiger partial charge in [0.1, 0.15) is 5.75 Å². The molecule has 0 saturated carbocycles. The first-order valence-electron chi connectivity index (χ1n) is 10.3. The number of aryl methyl sites for hydroxylation is 1. The number of hydrogen-bond donors (Lipinski definition) is 1.